The van der Waals surface area contributed by atoms with E-state index >= 15 is 0 Å². The third kappa shape index (κ3) is 2.31. The van der Waals surface area contributed by atoms with Crippen molar-refractivity contribution in [2.24, 2.45) is 5.10 Å². The Balaban J connectivity index is 1.78. The van der Waals surface area contributed by atoms with E-state index in [0.29, 0.717) is 0 Å². The van der Waals surface area contributed by atoms with Gasteiger partial charge in [0.2, 0.25) is 0 Å². The number of fused-ring (bicyclic) bond motifs is 3. The minimum absolute atomic E-state index is 0.270. The Kier molecular flexibility index (Phi) is 3.37. The SMILES string of the molecule is CCCC1(C)Oc2ccccc2C2CC(c3ccccc3)=NN21. The number of nitrogens with zero attached hydrogens (tertiary/aromatic N) is 2. The second-order valence-corrected chi connectivity index (χ2v) is 6.54. The van der Waals surface area contributed by atoms with Crippen LogP contribution in [0.25, 0.3) is 0 Å². The number of ether oxygens (including phenoxy) is 1. The van der Waals surface area contributed by atoms with Gasteiger partial charge in [-0.15, -0.1) is 0 Å². The molecule has 0 saturated heterocycles. The predicted octanol–water partition coefficient (Wildman–Crippen LogP) is 4.75. The molecule has 0 saturated carbocycles. The molecule has 4 rings (SSSR count). The normalized spacial score (nSPS) is 25.4. The highest BCUT2D eigenvalue weighted by atomic mass is 16.5. The molecule has 2 heterocycles. The average Bonchev–Trinajstić information content (AvgIpc) is 3.03. The second kappa shape index (κ2) is 5.41. The van der Waals surface area contributed by atoms with Crippen molar-refractivity contribution in [1.82, 2.24) is 5.01 Å². The maximum Gasteiger partial charge on any atom is 0.195 e. The molecule has 2 aliphatic heterocycles. The maximum absolute atomic E-state index is 6.38. The molecule has 0 bridgehead atoms. The van der Waals surface area contributed by atoms with Crippen molar-refractivity contribution in [3.05, 3.63) is 65.7 Å². The molecule has 0 spiro atoms. The van der Waals surface area contributed by atoms with Gasteiger partial charge in [-0.3, -0.25) is 0 Å². The molecule has 2 aromatic carbocycles. The smallest absolute Gasteiger partial charge is 0.195 e. The topological polar surface area (TPSA) is 24.8 Å². The van der Waals surface area contributed by atoms with Crippen LogP contribution in [-0.4, -0.2) is 16.4 Å². The van der Waals surface area contributed by atoms with E-state index < -0.39 is 0 Å². The molecule has 118 valence electrons. The molecule has 2 aromatic rings. The van der Waals surface area contributed by atoms with Crippen LogP contribution in [0.1, 0.15) is 50.3 Å². The number of rotatable bonds is 3. The van der Waals surface area contributed by atoms with Crippen LogP contribution in [0.3, 0.4) is 0 Å². The third-order valence-corrected chi connectivity index (χ3v) is 4.82. The number of hydrogen-bond acceptors (Lipinski definition) is 3. The summed E-state index contributed by atoms with van der Waals surface area (Å²) in [5.74, 6) is 1.01. The summed E-state index contributed by atoms with van der Waals surface area (Å²) in [4.78, 5) is 0. The first-order chi connectivity index (χ1) is 11.2. The Bertz CT molecular complexity index is 740. The predicted molar refractivity (Wildman–Crippen MR) is 92.6 cm³/mol. The molecule has 0 aliphatic carbocycles. The van der Waals surface area contributed by atoms with Crippen LogP contribution in [0.15, 0.2) is 59.7 Å². The van der Waals surface area contributed by atoms with Crippen molar-refractivity contribution in [3.63, 3.8) is 0 Å². The Morgan fingerprint density at radius 3 is 2.65 bits per heavy atom. The fourth-order valence-electron chi connectivity index (χ4n) is 3.76. The number of hydrogen-bond donors (Lipinski definition) is 0. The molecular weight excluding hydrogens is 284 g/mol. The number of benzene rings is 2. The lowest BCUT2D eigenvalue weighted by Gasteiger charge is -2.45. The summed E-state index contributed by atoms with van der Waals surface area (Å²) >= 11 is 0. The molecule has 2 atom stereocenters. The standard InChI is InChI=1S/C20H22N2O/c1-3-13-20(2)22-18(16-11-7-8-12-19(16)23-20)14-17(21-22)15-9-5-4-6-10-15/h4-12,18H,3,13-14H2,1-2H3. The van der Waals surface area contributed by atoms with Crippen molar-refractivity contribution >= 4 is 5.71 Å². The van der Waals surface area contributed by atoms with Crippen LogP contribution in [0.5, 0.6) is 5.75 Å². The van der Waals surface area contributed by atoms with E-state index in [1.54, 1.807) is 0 Å². The van der Waals surface area contributed by atoms with Gasteiger partial charge in [-0.2, -0.15) is 5.10 Å². The monoisotopic (exact) mass is 306 g/mol. The molecule has 2 aliphatic rings. The lowest BCUT2D eigenvalue weighted by molar-refractivity contribution is -0.111. The summed E-state index contributed by atoms with van der Waals surface area (Å²) in [6.45, 7) is 4.36. The first kappa shape index (κ1) is 14.3. The highest BCUT2D eigenvalue weighted by Crippen LogP contribution is 2.47. The van der Waals surface area contributed by atoms with Crippen molar-refractivity contribution in [2.75, 3.05) is 0 Å². The van der Waals surface area contributed by atoms with Crippen LogP contribution in [0.4, 0.5) is 0 Å². The second-order valence-electron chi connectivity index (χ2n) is 6.54. The summed E-state index contributed by atoms with van der Waals surface area (Å²) in [6.07, 6.45) is 2.96. The Morgan fingerprint density at radius 1 is 1.13 bits per heavy atom. The lowest BCUT2D eigenvalue weighted by Crippen LogP contribution is -2.51. The van der Waals surface area contributed by atoms with Gasteiger partial charge in [0.15, 0.2) is 5.72 Å². The van der Waals surface area contributed by atoms with E-state index in [4.69, 9.17) is 9.84 Å². The zero-order valence-electron chi connectivity index (χ0n) is 13.7. The van der Waals surface area contributed by atoms with Gasteiger partial charge in [0, 0.05) is 18.4 Å². The van der Waals surface area contributed by atoms with Gasteiger partial charge in [0.05, 0.1) is 11.8 Å². The van der Waals surface area contributed by atoms with E-state index in [-0.39, 0.29) is 11.8 Å². The Hall–Kier alpha value is -2.29. The van der Waals surface area contributed by atoms with E-state index in [9.17, 15) is 0 Å². The highest BCUT2D eigenvalue weighted by Gasteiger charge is 2.46. The van der Waals surface area contributed by atoms with E-state index in [0.717, 1.165) is 30.7 Å². The van der Waals surface area contributed by atoms with Crippen molar-refractivity contribution in [3.8, 4) is 5.75 Å². The van der Waals surface area contributed by atoms with Gasteiger partial charge in [-0.1, -0.05) is 61.9 Å². The molecule has 3 heteroatoms. The van der Waals surface area contributed by atoms with Crippen LogP contribution < -0.4 is 4.74 Å². The van der Waals surface area contributed by atoms with E-state index in [1.165, 1.54) is 11.1 Å². The highest BCUT2D eigenvalue weighted by molar-refractivity contribution is 6.01. The molecule has 23 heavy (non-hydrogen) atoms. The van der Waals surface area contributed by atoms with Gasteiger partial charge in [-0.25, -0.2) is 5.01 Å². The summed E-state index contributed by atoms with van der Waals surface area (Å²) in [5.41, 5.74) is 3.23. The molecule has 0 radical (unpaired) electrons. The van der Waals surface area contributed by atoms with Crippen molar-refractivity contribution in [1.29, 1.82) is 0 Å². The average molecular weight is 306 g/mol. The number of hydrazone groups is 1. The first-order valence-corrected chi connectivity index (χ1v) is 8.41. The van der Waals surface area contributed by atoms with Crippen molar-refractivity contribution < 1.29 is 4.74 Å². The Morgan fingerprint density at radius 2 is 1.87 bits per heavy atom. The zero-order valence-corrected chi connectivity index (χ0v) is 13.7. The van der Waals surface area contributed by atoms with Crippen LogP contribution in [0, 0.1) is 0 Å². The largest absolute Gasteiger partial charge is 0.466 e. The minimum atomic E-state index is -0.371. The quantitative estimate of drug-likeness (QED) is 0.817. The van der Waals surface area contributed by atoms with Gasteiger partial charge in [-0.05, 0) is 18.6 Å². The summed E-state index contributed by atoms with van der Waals surface area (Å²) < 4.78 is 6.38. The van der Waals surface area contributed by atoms with E-state index in [2.05, 4.69) is 67.4 Å². The van der Waals surface area contributed by atoms with Gasteiger partial charge in [0.1, 0.15) is 5.75 Å². The molecular formula is C20H22N2O. The van der Waals surface area contributed by atoms with Crippen molar-refractivity contribution in [2.45, 2.75) is 44.9 Å². The fourth-order valence-corrected chi connectivity index (χ4v) is 3.76. The number of para-hydroxylation sites is 1. The van der Waals surface area contributed by atoms with E-state index in [1.807, 2.05) is 6.07 Å². The summed E-state index contributed by atoms with van der Waals surface area (Å²) in [7, 11) is 0. The van der Waals surface area contributed by atoms with Gasteiger partial charge in [0.25, 0.3) is 0 Å². The zero-order chi connectivity index (χ0) is 15.9. The maximum atomic E-state index is 6.38. The van der Waals surface area contributed by atoms with Crippen LogP contribution in [-0.2, 0) is 0 Å². The summed E-state index contributed by atoms with van der Waals surface area (Å²) in [6, 6.07) is 19.1. The first-order valence-electron chi connectivity index (χ1n) is 8.41. The third-order valence-electron chi connectivity index (χ3n) is 4.82. The summed E-state index contributed by atoms with van der Waals surface area (Å²) in [5, 5.41) is 7.17. The molecule has 3 nitrogen and oxygen atoms in total. The van der Waals surface area contributed by atoms with Gasteiger partial charge >= 0.3 is 0 Å². The molecule has 0 aromatic heterocycles. The molecule has 2 unspecified atom stereocenters. The minimum Gasteiger partial charge on any atom is -0.466 e. The van der Waals surface area contributed by atoms with Crippen LogP contribution in [0.2, 0.25) is 0 Å². The molecule has 0 amide bonds. The Labute approximate surface area is 137 Å². The molecule has 0 fully saturated rings. The van der Waals surface area contributed by atoms with Gasteiger partial charge < -0.3 is 4.74 Å². The van der Waals surface area contributed by atoms with Crippen LogP contribution >= 0.6 is 0 Å². The fraction of sp³-hybridized carbons (Fsp3) is 0.350. The molecule has 0 N–H and O–H groups in total. The lowest BCUT2D eigenvalue weighted by atomic mass is 9.94.